The highest BCUT2D eigenvalue weighted by atomic mass is 16.6. The molecule has 8 nitrogen and oxygen atoms in total. The maximum atomic E-state index is 13.2. The van der Waals surface area contributed by atoms with E-state index >= 15 is 0 Å². The fourth-order valence-corrected chi connectivity index (χ4v) is 3.67. The van der Waals surface area contributed by atoms with Crippen molar-refractivity contribution in [2.24, 2.45) is 0 Å². The Bertz CT molecular complexity index is 1390. The minimum absolute atomic E-state index is 0.195. The van der Waals surface area contributed by atoms with Gasteiger partial charge in [0.15, 0.2) is 11.5 Å². The van der Waals surface area contributed by atoms with E-state index in [1.54, 1.807) is 62.4 Å². The van der Waals surface area contributed by atoms with Crippen molar-refractivity contribution in [3.63, 3.8) is 0 Å². The van der Waals surface area contributed by atoms with Gasteiger partial charge in [-0.1, -0.05) is 42.0 Å². The lowest BCUT2D eigenvalue weighted by atomic mass is 10.1. The number of barbiturate groups is 1. The van der Waals surface area contributed by atoms with Crippen molar-refractivity contribution >= 4 is 35.6 Å². The predicted octanol–water partition coefficient (Wildman–Crippen LogP) is 4.59. The van der Waals surface area contributed by atoms with Crippen LogP contribution in [0.2, 0.25) is 0 Å². The number of para-hydroxylation sites is 1. The number of carbonyl (C=O) groups is 4. The van der Waals surface area contributed by atoms with Crippen LogP contribution in [-0.4, -0.2) is 30.4 Å². The van der Waals surface area contributed by atoms with E-state index in [1.807, 2.05) is 19.1 Å². The van der Waals surface area contributed by atoms with Crippen LogP contribution in [0.4, 0.5) is 10.5 Å². The fourth-order valence-electron chi connectivity index (χ4n) is 3.67. The van der Waals surface area contributed by atoms with Gasteiger partial charge in [-0.2, -0.15) is 0 Å². The van der Waals surface area contributed by atoms with Crippen LogP contribution < -0.4 is 19.7 Å². The quantitative estimate of drug-likeness (QED) is 0.238. The van der Waals surface area contributed by atoms with Gasteiger partial charge in [0.1, 0.15) is 5.57 Å². The van der Waals surface area contributed by atoms with Gasteiger partial charge in [-0.15, -0.1) is 0 Å². The molecule has 3 aromatic carbocycles. The summed E-state index contributed by atoms with van der Waals surface area (Å²) >= 11 is 0. The molecule has 182 valence electrons. The molecule has 1 N–H and O–H groups in total. The molecular weight excluding hydrogens is 460 g/mol. The molecule has 0 aromatic heterocycles. The molecule has 0 spiro atoms. The summed E-state index contributed by atoms with van der Waals surface area (Å²) in [6.45, 7) is 5.76. The third-order valence-corrected chi connectivity index (χ3v) is 5.53. The molecule has 0 radical (unpaired) electrons. The molecule has 3 aromatic rings. The van der Waals surface area contributed by atoms with Crippen molar-refractivity contribution < 1.29 is 28.7 Å². The van der Waals surface area contributed by atoms with Crippen LogP contribution in [0.1, 0.15) is 34.0 Å². The number of ether oxygens (including phenoxy) is 2. The van der Waals surface area contributed by atoms with Gasteiger partial charge in [-0.25, -0.2) is 14.5 Å². The van der Waals surface area contributed by atoms with Crippen LogP contribution in [0, 0.1) is 13.8 Å². The first-order valence-corrected chi connectivity index (χ1v) is 11.3. The second-order valence-corrected chi connectivity index (χ2v) is 8.14. The topological polar surface area (TPSA) is 102 Å². The van der Waals surface area contributed by atoms with Gasteiger partial charge in [0.25, 0.3) is 11.8 Å². The zero-order valence-corrected chi connectivity index (χ0v) is 20.0. The Morgan fingerprint density at radius 3 is 2.36 bits per heavy atom. The van der Waals surface area contributed by atoms with Crippen LogP contribution in [0.15, 0.2) is 72.3 Å². The number of carbonyl (C=O) groups excluding carboxylic acids is 4. The molecule has 1 fully saturated rings. The lowest BCUT2D eigenvalue weighted by molar-refractivity contribution is -0.122. The smallest absolute Gasteiger partial charge is 0.343 e. The first-order chi connectivity index (χ1) is 17.3. The molecule has 8 heteroatoms. The minimum atomic E-state index is -0.815. The van der Waals surface area contributed by atoms with Gasteiger partial charge in [0, 0.05) is 0 Å². The summed E-state index contributed by atoms with van der Waals surface area (Å²) in [5.74, 6) is -1.63. The van der Waals surface area contributed by atoms with Crippen molar-refractivity contribution in [3.05, 3.63) is 94.6 Å². The number of aryl methyl sites for hydroxylation is 2. The number of rotatable bonds is 6. The van der Waals surface area contributed by atoms with Gasteiger partial charge in [-0.3, -0.25) is 14.9 Å². The zero-order chi connectivity index (χ0) is 25.8. The molecule has 0 atom stereocenters. The second-order valence-electron chi connectivity index (χ2n) is 8.14. The van der Waals surface area contributed by atoms with Crippen LogP contribution in [0.25, 0.3) is 6.08 Å². The first-order valence-electron chi connectivity index (χ1n) is 11.3. The highest BCUT2D eigenvalue weighted by Crippen LogP contribution is 2.31. The Kier molecular flexibility index (Phi) is 6.96. The summed E-state index contributed by atoms with van der Waals surface area (Å²) in [7, 11) is 0. The van der Waals surface area contributed by atoms with Crippen LogP contribution in [0.5, 0.6) is 11.5 Å². The molecule has 36 heavy (non-hydrogen) atoms. The number of urea groups is 1. The van der Waals surface area contributed by atoms with E-state index in [-0.39, 0.29) is 17.1 Å². The third-order valence-electron chi connectivity index (χ3n) is 5.53. The van der Waals surface area contributed by atoms with Crippen molar-refractivity contribution in [1.82, 2.24) is 5.32 Å². The van der Waals surface area contributed by atoms with Gasteiger partial charge in [0.05, 0.1) is 17.9 Å². The summed E-state index contributed by atoms with van der Waals surface area (Å²) in [6, 6.07) is 17.7. The van der Waals surface area contributed by atoms with E-state index in [4.69, 9.17) is 9.47 Å². The predicted molar refractivity (Wildman–Crippen MR) is 134 cm³/mol. The van der Waals surface area contributed by atoms with Crippen molar-refractivity contribution in [2.75, 3.05) is 11.5 Å². The Labute approximate surface area is 208 Å². The highest BCUT2D eigenvalue weighted by Gasteiger charge is 2.37. The van der Waals surface area contributed by atoms with Crippen LogP contribution in [-0.2, 0) is 9.59 Å². The third kappa shape index (κ3) is 5.02. The van der Waals surface area contributed by atoms with E-state index in [1.165, 1.54) is 12.1 Å². The van der Waals surface area contributed by atoms with Gasteiger partial charge in [-0.05, 0) is 68.3 Å². The number of imide groups is 2. The molecular formula is C28H24N2O6. The standard InChI is InChI=1S/C28H24N2O6/c1-4-35-24-16-19(11-14-23(24)36-27(33)20-12-9-17(2)10-13-20)15-21-25(31)29-28(34)30(26(21)32)22-8-6-5-7-18(22)3/h5-16H,4H2,1-3H3,(H,29,31,34). The average molecular weight is 485 g/mol. The molecule has 1 aliphatic rings. The molecule has 0 aliphatic carbocycles. The zero-order valence-electron chi connectivity index (χ0n) is 20.0. The van der Waals surface area contributed by atoms with Crippen LogP contribution in [0.3, 0.4) is 0 Å². The number of anilines is 1. The number of benzene rings is 3. The van der Waals surface area contributed by atoms with Gasteiger partial charge >= 0.3 is 12.0 Å². The lowest BCUT2D eigenvalue weighted by Crippen LogP contribution is -2.54. The summed E-state index contributed by atoms with van der Waals surface area (Å²) in [4.78, 5) is 51.7. The summed E-state index contributed by atoms with van der Waals surface area (Å²) in [6.07, 6.45) is 1.36. The van der Waals surface area contributed by atoms with Crippen LogP contribution >= 0.6 is 0 Å². The van der Waals surface area contributed by atoms with E-state index in [2.05, 4.69) is 5.32 Å². The number of nitrogens with one attached hydrogen (secondary N) is 1. The number of hydrogen-bond acceptors (Lipinski definition) is 6. The molecule has 0 bridgehead atoms. The molecule has 0 saturated carbocycles. The SMILES string of the molecule is CCOc1cc(C=C2C(=O)NC(=O)N(c3ccccc3C)C2=O)ccc1OC(=O)c1ccc(C)cc1. The lowest BCUT2D eigenvalue weighted by Gasteiger charge is -2.27. The number of esters is 1. The van der Waals surface area contributed by atoms with Crippen molar-refractivity contribution in [3.8, 4) is 11.5 Å². The summed E-state index contributed by atoms with van der Waals surface area (Å²) in [5.41, 5.74) is 2.72. The molecule has 1 saturated heterocycles. The number of amides is 4. The van der Waals surface area contributed by atoms with E-state index in [0.717, 1.165) is 10.5 Å². The van der Waals surface area contributed by atoms with E-state index in [0.29, 0.717) is 29.0 Å². The van der Waals surface area contributed by atoms with Gasteiger partial charge in [0.2, 0.25) is 0 Å². The maximum Gasteiger partial charge on any atom is 0.343 e. The molecule has 4 rings (SSSR count). The highest BCUT2D eigenvalue weighted by molar-refractivity contribution is 6.39. The fraction of sp³-hybridized carbons (Fsp3) is 0.143. The Balaban J connectivity index is 1.65. The summed E-state index contributed by atoms with van der Waals surface area (Å²) in [5, 5.41) is 2.21. The van der Waals surface area contributed by atoms with Crippen molar-refractivity contribution in [1.29, 1.82) is 0 Å². The Morgan fingerprint density at radius 1 is 0.944 bits per heavy atom. The maximum absolute atomic E-state index is 13.2. The van der Waals surface area contributed by atoms with Crippen molar-refractivity contribution in [2.45, 2.75) is 20.8 Å². The molecule has 4 amide bonds. The minimum Gasteiger partial charge on any atom is -0.490 e. The number of hydrogen-bond donors (Lipinski definition) is 1. The molecule has 1 aliphatic heterocycles. The van der Waals surface area contributed by atoms with E-state index < -0.39 is 23.8 Å². The second kappa shape index (κ2) is 10.3. The molecule has 0 unspecified atom stereocenters. The Morgan fingerprint density at radius 2 is 1.67 bits per heavy atom. The largest absolute Gasteiger partial charge is 0.490 e. The van der Waals surface area contributed by atoms with E-state index in [9.17, 15) is 19.2 Å². The first kappa shape index (κ1) is 24.4. The summed E-state index contributed by atoms with van der Waals surface area (Å²) < 4.78 is 11.2. The molecule has 1 heterocycles. The monoisotopic (exact) mass is 484 g/mol. The average Bonchev–Trinajstić information content (AvgIpc) is 2.85. The normalized spacial score (nSPS) is 14.6. The Hall–Kier alpha value is -4.72. The van der Waals surface area contributed by atoms with Gasteiger partial charge < -0.3 is 9.47 Å². The number of nitrogens with zero attached hydrogens (tertiary/aromatic N) is 1.